The number of imidazole rings is 1. The number of thiophene rings is 1. The molecule has 0 amide bonds. The molecule has 0 aliphatic rings. The summed E-state index contributed by atoms with van der Waals surface area (Å²) in [5, 5.41) is 2.43. The maximum absolute atomic E-state index is 13.6. The van der Waals surface area contributed by atoms with Gasteiger partial charge in [0.15, 0.2) is 0 Å². The van der Waals surface area contributed by atoms with Crippen molar-refractivity contribution in [3.63, 3.8) is 0 Å². The van der Waals surface area contributed by atoms with Crippen molar-refractivity contribution in [1.82, 2.24) is 9.55 Å². The van der Waals surface area contributed by atoms with Crippen LogP contribution in [0, 0.1) is 5.82 Å². The van der Waals surface area contributed by atoms with Crippen LogP contribution in [0.4, 0.5) is 4.39 Å². The molecule has 0 bridgehead atoms. The molecule has 0 saturated carbocycles. The lowest BCUT2D eigenvalue weighted by Crippen LogP contribution is -2.02. The fourth-order valence-corrected chi connectivity index (χ4v) is 6.41. The number of fused-ring (bicyclic) bond motifs is 4. The molecule has 0 aliphatic heterocycles. The number of hydrogen-bond acceptors (Lipinski definition) is 2. The normalized spacial score (nSPS) is 11.6. The molecule has 0 fully saturated rings. The van der Waals surface area contributed by atoms with Gasteiger partial charge in [-0.05, 0) is 47.0 Å². The van der Waals surface area contributed by atoms with Crippen molar-refractivity contribution in [2.24, 2.45) is 0 Å². The predicted molar refractivity (Wildman–Crippen MR) is 149 cm³/mol. The van der Waals surface area contributed by atoms with Gasteiger partial charge in [-0.2, -0.15) is 0 Å². The largest absolute Gasteiger partial charge is 0.319 e. The molecule has 2 heterocycles. The Hall–Kier alpha value is -4.28. The molecule has 36 heavy (non-hydrogen) atoms. The minimum absolute atomic E-state index is 0.220. The van der Waals surface area contributed by atoms with Crippen LogP contribution in [-0.4, -0.2) is 9.55 Å². The maximum atomic E-state index is 13.6. The molecular weight excluding hydrogens is 463 g/mol. The number of hydrogen-bond donors (Lipinski definition) is 0. The predicted octanol–water partition coefficient (Wildman–Crippen LogP) is 8.93. The first-order valence-corrected chi connectivity index (χ1v) is 12.8. The summed E-state index contributed by atoms with van der Waals surface area (Å²) in [5.41, 5.74) is 6.63. The van der Waals surface area contributed by atoms with Gasteiger partial charge in [0, 0.05) is 32.3 Å². The van der Waals surface area contributed by atoms with E-state index in [0.717, 1.165) is 40.1 Å². The van der Waals surface area contributed by atoms with Crippen LogP contribution in [0.15, 0.2) is 115 Å². The second-order valence-corrected chi connectivity index (χ2v) is 9.99. The second-order valence-electron chi connectivity index (χ2n) is 8.97. The van der Waals surface area contributed by atoms with Crippen LogP contribution in [0.2, 0.25) is 0 Å². The molecule has 7 aromatic rings. The van der Waals surface area contributed by atoms with E-state index in [0.29, 0.717) is 0 Å². The molecule has 0 aliphatic carbocycles. The van der Waals surface area contributed by atoms with E-state index in [-0.39, 0.29) is 5.82 Å². The van der Waals surface area contributed by atoms with E-state index in [1.54, 1.807) is 11.3 Å². The first-order chi connectivity index (χ1) is 17.8. The third-order valence-electron chi connectivity index (χ3n) is 6.76. The Bertz CT molecular complexity index is 1860. The van der Waals surface area contributed by atoms with E-state index in [4.69, 9.17) is 4.98 Å². The Morgan fingerprint density at radius 2 is 1.31 bits per heavy atom. The number of aromatic nitrogens is 2. The minimum atomic E-state index is -0.220. The van der Waals surface area contributed by atoms with Crippen LogP contribution in [-0.2, 0) is 6.54 Å². The van der Waals surface area contributed by atoms with E-state index in [1.807, 2.05) is 24.3 Å². The van der Waals surface area contributed by atoms with Crippen molar-refractivity contribution in [3.8, 4) is 22.5 Å². The zero-order valence-corrected chi connectivity index (χ0v) is 20.2. The molecule has 0 unspecified atom stereocenters. The Labute approximate surface area is 211 Å². The summed E-state index contributed by atoms with van der Waals surface area (Å²) in [7, 11) is 0. The molecule has 5 aromatic carbocycles. The summed E-state index contributed by atoms with van der Waals surface area (Å²) >= 11 is 1.79. The highest BCUT2D eigenvalue weighted by atomic mass is 32.1. The number of rotatable bonds is 4. The minimum Gasteiger partial charge on any atom is -0.319 e. The standard InChI is InChI=1S/C32H21FN2S/c33-23-18-16-22(17-19-23)24-10-6-11-25-26-12-7-13-27(31(26)36-30(24)25)32-34-28-14-4-5-15-29(28)35(32)20-21-8-2-1-3-9-21/h1-19H,20H2. The summed E-state index contributed by atoms with van der Waals surface area (Å²) in [6.07, 6.45) is 0. The Morgan fingerprint density at radius 1 is 0.639 bits per heavy atom. The van der Waals surface area contributed by atoms with Gasteiger partial charge in [-0.15, -0.1) is 11.3 Å². The van der Waals surface area contributed by atoms with Gasteiger partial charge in [-0.1, -0.05) is 84.9 Å². The molecule has 0 N–H and O–H groups in total. The highest BCUT2D eigenvalue weighted by Gasteiger charge is 2.18. The third kappa shape index (κ3) is 3.42. The van der Waals surface area contributed by atoms with Gasteiger partial charge in [-0.3, -0.25) is 0 Å². The first kappa shape index (κ1) is 21.0. The van der Waals surface area contributed by atoms with Gasteiger partial charge >= 0.3 is 0 Å². The van der Waals surface area contributed by atoms with E-state index in [1.165, 1.54) is 37.9 Å². The zero-order chi connectivity index (χ0) is 24.1. The molecule has 2 nitrogen and oxygen atoms in total. The van der Waals surface area contributed by atoms with Gasteiger partial charge in [0.05, 0.1) is 11.0 Å². The average Bonchev–Trinajstić information content (AvgIpc) is 3.48. The van der Waals surface area contributed by atoms with Crippen LogP contribution in [0.3, 0.4) is 0 Å². The molecule has 172 valence electrons. The molecular formula is C32H21FN2S. The summed E-state index contributed by atoms with van der Waals surface area (Å²) in [6.45, 7) is 0.749. The van der Waals surface area contributed by atoms with Crippen LogP contribution in [0.25, 0.3) is 53.7 Å². The topological polar surface area (TPSA) is 17.8 Å². The lowest BCUT2D eigenvalue weighted by molar-refractivity contribution is 0.628. The SMILES string of the molecule is Fc1ccc(-c2cccc3c2sc2c(-c4nc5ccccc5n4Cc4ccccc4)cccc23)cc1. The Kier molecular flexibility index (Phi) is 4.93. The van der Waals surface area contributed by atoms with E-state index in [2.05, 4.69) is 83.4 Å². The van der Waals surface area contributed by atoms with Crippen molar-refractivity contribution in [2.45, 2.75) is 6.54 Å². The van der Waals surface area contributed by atoms with E-state index < -0.39 is 0 Å². The van der Waals surface area contributed by atoms with E-state index >= 15 is 0 Å². The monoisotopic (exact) mass is 484 g/mol. The number of para-hydroxylation sites is 2. The number of benzene rings is 5. The summed E-state index contributed by atoms with van der Waals surface area (Å²) in [4.78, 5) is 5.12. The van der Waals surface area contributed by atoms with Crippen LogP contribution in [0.5, 0.6) is 0 Å². The van der Waals surface area contributed by atoms with Gasteiger partial charge in [0.25, 0.3) is 0 Å². The lowest BCUT2D eigenvalue weighted by Gasteiger charge is -2.10. The van der Waals surface area contributed by atoms with Gasteiger partial charge in [0.2, 0.25) is 0 Å². The molecule has 4 heteroatoms. The third-order valence-corrected chi connectivity index (χ3v) is 8.05. The molecule has 0 spiro atoms. The van der Waals surface area contributed by atoms with Crippen LogP contribution < -0.4 is 0 Å². The highest BCUT2D eigenvalue weighted by Crippen LogP contribution is 2.44. The first-order valence-electron chi connectivity index (χ1n) is 12.0. The van der Waals surface area contributed by atoms with Crippen molar-refractivity contribution < 1.29 is 4.39 Å². The second kappa shape index (κ2) is 8.43. The number of nitrogens with zero attached hydrogens (tertiary/aromatic N) is 2. The highest BCUT2D eigenvalue weighted by molar-refractivity contribution is 7.26. The molecule has 0 saturated heterocycles. The van der Waals surface area contributed by atoms with Gasteiger partial charge in [-0.25, -0.2) is 9.37 Å². The fourth-order valence-electron chi connectivity index (χ4n) is 5.06. The molecule has 0 atom stereocenters. The fraction of sp³-hybridized carbons (Fsp3) is 0.0312. The van der Waals surface area contributed by atoms with Crippen molar-refractivity contribution in [3.05, 3.63) is 127 Å². The number of halogens is 1. The van der Waals surface area contributed by atoms with Crippen LogP contribution >= 0.6 is 11.3 Å². The summed E-state index contributed by atoms with van der Waals surface area (Å²) in [5.74, 6) is 0.752. The Balaban J connectivity index is 1.48. The van der Waals surface area contributed by atoms with E-state index in [9.17, 15) is 4.39 Å². The van der Waals surface area contributed by atoms with Gasteiger partial charge < -0.3 is 4.57 Å². The molecule has 7 rings (SSSR count). The average molecular weight is 485 g/mol. The summed E-state index contributed by atoms with van der Waals surface area (Å²) in [6, 6.07) is 38.5. The smallest absolute Gasteiger partial charge is 0.142 e. The summed E-state index contributed by atoms with van der Waals surface area (Å²) < 4.78 is 18.3. The van der Waals surface area contributed by atoms with Crippen molar-refractivity contribution in [1.29, 1.82) is 0 Å². The molecule has 2 aromatic heterocycles. The van der Waals surface area contributed by atoms with Crippen molar-refractivity contribution >= 4 is 42.5 Å². The van der Waals surface area contributed by atoms with Crippen molar-refractivity contribution in [2.75, 3.05) is 0 Å². The van der Waals surface area contributed by atoms with Gasteiger partial charge in [0.1, 0.15) is 11.6 Å². The lowest BCUT2D eigenvalue weighted by atomic mass is 10.0. The molecule has 0 radical (unpaired) electrons. The van der Waals surface area contributed by atoms with Crippen LogP contribution in [0.1, 0.15) is 5.56 Å². The Morgan fingerprint density at radius 3 is 2.08 bits per heavy atom. The quantitative estimate of drug-likeness (QED) is 0.244. The maximum Gasteiger partial charge on any atom is 0.142 e. The zero-order valence-electron chi connectivity index (χ0n) is 19.4.